The molecule has 1 aromatic carbocycles. The Labute approximate surface area is 83.6 Å². The number of rotatable bonds is 3. The van der Waals surface area contributed by atoms with Crippen LogP contribution in [0, 0.1) is 15.9 Å². The largest absolute Gasteiger partial charge is 0.478 e. The first kappa shape index (κ1) is 10.8. The highest BCUT2D eigenvalue weighted by Gasteiger charge is 2.16. The van der Waals surface area contributed by atoms with Gasteiger partial charge in [-0.15, -0.1) is 0 Å². The van der Waals surface area contributed by atoms with E-state index in [1.54, 1.807) is 0 Å². The van der Waals surface area contributed by atoms with Crippen molar-refractivity contribution in [3.8, 4) is 0 Å². The van der Waals surface area contributed by atoms with Crippen molar-refractivity contribution in [1.29, 1.82) is 0 Å². The van der Waals surface area contributed by atoms with Crippen LogP contribution in [-0.2, 0) is 4.79 Å². The standard InChI is InChI=1S/C9H6FNO4/c1-5(9(12)13)7-4-6(11(14)15)2-3-8(7)10/h2-4H,1H2,(H,12,13). The summed E-state index contributed by atoms with van der Waals surface area (Å²) in [6, 6.07) is 2.63. The monoisotopic (exact) mass is 211 g/mol. The molecule has 15 heavy (non-hydrogen) atoms. The molecule has 0 radical (unpaired) electrons. The Morgan fingerprint density at radius 1 is 1.53 bits per heavy atom. The summed E-state index contributed by atoms with van der Waals surface area (Å²) in [5.74, 6) is -2.28. The summed E-state index contributed by atoms with van der Waals surface area (Å²) in [7, 11) is 0. The molecular weight excluding hydrogens is 205 g/mol. The van der Waals surface area contributed by atoms with Gasteiger partial charge in [-0.2, -0.15) is 0 Å². The van der Waals surface area contributed by atoms with Crippen LogP contribution in [0.2, 0.25) is 0 Å². The Bertz CT molecular complexity index is 455. The minimum Gasteiger partial charge on any atom is -0.478 e. The molecule has 0 aromatic heterocycles. The third-order valence-corrected chi connectivity index (χ3v) is 1.74. The van der Waals surface area contributed by atoms with Crippen LogP contribution in [0.15, 0.2) is 24.8 Å². The van der Waals surface area contributed by atoms with Gasteiger partial charge in [-0.05, 0) is 6.07 Å². The molecule has 0 heterocycles. The van der Waals surface area contributed by atoms with Crippen LogP contribution >= 0.6 is 0 Å². The van der Waals surface area contributed by atoms with Crippen molar-refractivity contribution in [2.45, 2.75) is 0 Å². The number of carbonyl (C=O) groups is 1. The SMILES string of the molecule is C=C(C(=O)O)c1cc([N+](=O)[O-])ccc1F. The van der Waals surface area contributed by atoms with Crippen LogP contribution in [0.4, 0.5) is 10.1 Å². The summed E-state index contributed by atoms with van der Waals surface area (Å²) in [5.41, 5.74) is -1.28. The minimum atomic E-state index is -1.42. The van der Waals surface area contributed by atoms with Crippen molar-refractivity contribution in [3.05, 3.63) is 46.3 Å². The first-order valence-electron chi connectivity index (χ1n) is 3.80. The Morgan fingerprint density at radius 2 is 2.13 bits per heavy atom. The smallest absolute Gasteiger partial charge is 0.335 e. The fourth-order valence-electron chi connectivity index (χ4n) is 0.973. The summed E-state index contributed by atoms with van der Waals surface area (Å²) >= 11 is 0. The number of carboxylic acids is 1. The highest BCUT2D eigenvalue weighted by atomic mass is 19.1. The molecule has 6 heteroatoms. The highest BCUT2D eigenvalue weighted by Crippen LogP contribution is 2.22. The minimum absolute atomic E-state index is 0.378. The van der Waals surface area contributed by atoms with Gasteiger partial charge in [0.05, 0.1) is 10.5 Å². The van der Waals surface area contributed by atoms with Crippen molar-refractivity contribution in [3.63, 3.8) is 0 Å². The number of benzene rings is 1. The fraction of sp³-hybridized carbons (Fsp3) is 0. The summed E-state index contributed by atoms with van der Waals surface area (Å²) in [6.45, 7) is 3.12. The van der Waals surface area contributed by atoms with E-state index < -0.39 is 22.3 Å². The lowest BCUT2D eigenvalue weighted by Crippen LogP contribution is -2.01. The van der Waals surface area contributed by atoms with E-state index in [4.69, 9.17) is 5.11 Å². The molecule has 0 bridgehead atoms. The zero-order valence-corrected chi connectivity index (χ0v) is 7.44. The Hall–Kier alpha value is -2.24. The Balaban J connectivity index is 3.28. The molecule has 0 amide bonds. The van der Waals surface area contributed by atoms with Crippen molar-refractivity contribution in [2.24, 2.45) is 0 Å². The topological polar surface area (TPSA) is 80.4 Å². The lowest BCUT2D eigenvalue weighted by atomic mass is 10.1. The second-order valence-corrected chi connectivity index (χ2v) is 2.70. The van der Waals surface area contributed by atoms with Crippen molar-refractivity contribution < 1.29 is 19.2 Å². The summed E-state index contributed by atoms with van der Waals surface area (Å²) in [6.07, 6.45) is 0. The van der Waals surface area contributed by atoms with Crippen LogP contribution in [0.1, 0.15) is 5.56 Å². The second kappa shape index (κ2) is 3.87. The number of aliphatic carboxylic acids is 1. The molecule has 0 atom stereocenters. The molecular formula is C9H6FNO4. The normalized spacial score (nSPS) is 9.67. The second-order valence-electron chi connectivity index (χ2n) is 2.70. The summed E-state index contributed by atoms with van der Waals surface area (Å²) in [5, 5.41) is 18.9. The highest BCUT2D eigenvalue weighted by molar-refractivity contribution is 6.14. The van der Waals surface area contributed by atoms with Gasteiger partial charge in [0.15, 0.2) is 0 Å². The number of halogens is 1. The van der Waals surface area contributed by atoms with Crippen molar-refractivity contribution in [2.75, 3.05) is 0 Å². The Morgan fingerprint density at radius 3 is 2.60 bits per heavy atom. The van der Waals surface area contributed by atoms with Gasteiger partial charge in [0, 0.05) is 17.7 Å². The molecule has 0 saturated heterocycles. The van der Waals surface area contributed by atoms with Gasteiger partial charge >= 0.3 is 5.97 Å². The molecule has 0 aliphatic carbocycles. The Kier molecular flexibility index (Phi) is 2.80. The van der Waals surface area contributed by atoms with E-state index in [0.717, 1.165) is 18.2 Å². The van der Waals surface area contributed by atoms with Gasteiger partial charge < -0.3 is 5.11 Å². The van der Waals surface area contributed by atoms with E-state index in [9.17, 15) is 19.3 Å². The summed E-state index contributed by atoms with van der Waals surface area (Å²) in [4.78, 5) is 20.1. The van der Waals surface area contributed by atoms with Gasteiger partial charge in [-0.3, -0.25) is 10.1 Å². The molecule has 78 valence electrons. The number of nitro groups is 1. The van der Waals surface area contributed by atoms with Gasteiger partial charge in [0.1, 0.15) is 5.82 Å². The molecule has 0 unspecified atom stereocenters. The van der Waals surface area contributed by atoms with Gasteiger partial charge in [0.25, 0.3) is 5.69 Å². The predicted molar refractivity (Wildman–Crippen MR) is 49.7 cm³/mol. The average Bonchev–Trinajstić information content (AvgIpc) is 2.16. The van der Waals surface area contributed by atoms with Gasteiger partial charge in [-0.1, -0.05) is 6.58 Å². The maximum atomic E-state index is 13.1. The van der Waals surface area contributed by atoms with Crippen LogP contribution in [-0.4, -0.2) is 16.0 Å². The maximum Gasteiger partial charge on any atom is 0.335 e. The van der Waals surface area contributed by atoms with Crippen molar-refractivity contribution in [1.82, 2.24) is 0 Å². The van der Waals surface area contributed by atoms with E-state index in [0.29, 0.717) is 0 Å². The molecule has 1 aromatic rings. The van der Waals surface area contributed by atoms with Gasteiger partial charge in [0.2, 0.25) is 0 Å². The molecule has 1 N–H and O–H groups in total. The van der Waals surface area contributed by atoms with Crippen molar-refractivity contribution >= 4 is 17.2 Å². The molecule has 1 rings (SSSR count). The zero-order valence-electron chi connectivity index (χ0n) is 7.44. The van der Waals surface area contributed by atoms with E-state index in [2.05, 4.69) is 6.58 Å². The average molecular weight is 211 g/mol. The van der Waals surface area contributed by atoms with Gasteiger partial charge in [-0.25, -0.2) is 9.18 Å². The van der Waals surface area contributed by atoms with E-state index in [-0.39, 0.29) is 11.3 Å². The first-order chi connectivity index (χ1) is 6.93. The first-order valence-corrected chi connectivity index (χ1v) is 3.80. The number of nitrogens with zero attached hydrogens (tertiary/aromatic N) is 1. The molecule has 0 aliphatic heterocycles. The number of carboxylic acid groups (broad SMARTS) is 1. The van der Waals surface area contributed by atoms with Crippen LogP contribution in [0.25, 0.3) is 5.57 Å². The van der Waals surface area contributed by atoms with Crippen LogP contribution in [0.3, 0.4) is 0 Å². The number of nitro benzene ring substituents is 1. The summed E-state index contributed by atoms with van der Waals surface area (Å²) < 4.78 is 13.1. The van der Waals surface area contributed by atoms with E-state index in [1.165, 1.54) is 0 Å². The maximum absolute atomic E-state index is 13.1. The van der Waals surface area contributed by atoms with E-state index in [1.807, 2.05) is 0 Å². The molecule has 0 aliphatic rings. The third-order valence-electron chi connectivity index (χ3n) is 1.74. The predicted octanol–water partition coefficient (Wildman–Crippen LogP) is 1.83. The number of hydrogen-bond donors (Lipinski definition) is 1. The zero-order chi connectivity index (χ0) is 11.6. The lowest BCUT2D eigenvalue weighted by Gasteiger charge is -2.01. The number of hydrogen-bond acceptors (Lipinski definition) is 3. The fourth-order valence-corrected chi connectivity index (χ4v) is 0.973. The lowest BCUT2D eigenvalue weighted by molar-refractivity contribution is -0.384. The number of non-ortho nitro benzene ring substituents is 1. The molecule has 5 nitrogen and oxygen atoms in total. The molecule has 0 saturated carbocycles. The third kappa shape index (κ3) is 2.16. The van der Waals surface area contributed by atoms with Crippen LogP contribution in [0.5, 0.6) is 0 Å². The van der Waals surface area contributed by atoms with E-state index >= 15 is 0 Å². The molecule has 0 fully saturated rings. The van der Waals surface area contributed by atoms with Crippen LogP contribution < -0.4 is 0 Å². The quantitative estimate of drug-likeness (QED) is 0.469. The molecule has 0 spiro atoms.